The predicted molar refractivity (Wildman–Crippen MR) is 161 cm³/mol. The minimum absolute atomic E-state index is 0.205. The van der Waals surface area contributed by atoms with Gasteiger partial charge in [0.2, 0.25) is 0 Å². The maximum atomic E-state index is 13.3. The molecule has 0 aliphatic rings. The Morgan fingerprint density at radius 2 is 0.833 bits per heavy atom. The van der Waals surface area contributed by atoms with Gasteiger partial charge in [0.1, 0.15) is 11.5 Å². The van der Waals surface area contributed by atoms with E-state index in [9.17, 15) is 44.3 Å². The van der Waals surface area contributed by atoms with Crippen LogP contribution < -0.4 is 9.47 Å². The Labute approximate surface area is 268 Å². The molecule has 4 aromatic rings. The largest absolute Gasteiger partial charge is 0.428 e. The molecule has 0 aliphatic carbocycles. The van der Waals surface area contributed by atoms with Gasteiger partial charge in [-0.05, 0) is 83.3 Å². The second-order valence-electron chi connectivity index (χ2n) is 10.3. The van der Waals surface area contributed by atoms with Gasteiger partial charge in [-0.1, -0.05) is 72.8 Å². The van der Waals surface area contributed by atoms with Crippen LogP contribution >= 0.6 is 0 Å². The van der Waals surface area contributed by atoms with Crippen LogP contribution in [0.25, 0.3) is 12.2 Å². The number of hydrogen-bond acceptors (Lipinski definition) is 3. The van der Waals surface area contributed by atoms with Gasteiger partial charge in [-0.3, -0.25) is 4.79 Å². The standard InChI is InChI=1S/C36H23F9O3/c1-35(25-12-18-29(19-13-25)47-33(41)31(37)38,26-14-20-30(21-15-26)48-34(42)32(39)40)24-8-2-22(3-9-24)6-16-28(46)17-7-23-4-10-27(11-5-23)36(43,44)45/h2-21H,1H3/b16-6+,17-7+. The molecule has 4 rings (SSSR count). The van der Waals surface area contributed by atoms with Crippen molar-refractivity contribution in [2.24, 2.45) is 0 Å². The number of benzene rings is 4. The summed E-state index contributed by atoms with van der Waals surface area (Å²) in [6.07, 6.45) is -4.34. The van der Waals surface area contributed by atoms with Crippen LogP contribution in [0.5, 0.6) is 11.5 Å². The Balaban J connectivity index is 1.60. The summed E-state index contributed by atoms with van der Waals surface area (Å²) < 4.78 is 124. The molecular weight excluding hydrogens is 651 g/mol. The lowest BCUT2D eigenvalue weighted by Crippen LogP contribution is -2.25. The summed E-state index contributed by atoms with van der Waals surface area (Å²) in [6, 6.07) is 18.2. The summed E-state index contributed by atoms with van der Waals surface area (Å²) in [5.41, 5.74) is 0.994. The summed E-state index contributed by atoms with van der Waals surface area (Å²) in [5.74, 6) is -0.836. The van der Waals surface area contributed by atoms with Crippen LogP contribution in [0.1, 0.15) is 40.3 Å². The number of halogens is 9. The van der Waals surface area contributed by atoms with E-state index in [-0.39, 0.29) is 11.5 Å². The van der Waals surface area contributed by atoms with Gasteiger partial charge in [-0.2, -0.15) is 39.5 Å². The average Bonchev–Trinajstić information content (AvgIpc) is 3.06. The van der Waals surface area contributed by atoms with Crippen molar-refractivity contribution in [3.8, 4) is 11.5 Å². The maximum absolute atomic E-state index is 13.3. The van der Waals surface area contributed by atoms with Crippen molar-refractivity contribution >= 4 is 17.9 Å². The van der Waals surface area contributed by atoms with Crippen LogP contribution in [0.2, 0.25) is 0 Å². The fourth-order valence-electron chi connectivity index (χ4n) is 4.62. The van der Waals surface area contributed by atoms with Gasteiger partial charge in [0.15, 0.2) is 5.78 Å². The Morgan fingerprint density at radius 3 is 1.15 bits per heavy atom. The van der Waals surface area contributed by atoms with Crippen molar-refractivity contribution in [3.63, 3.8) is 0 Å². The number of carbonyl (C=O) groups is 1. The lowest BCUT2D eigenvalue weighted by molar-refractivity contribution is -0.137. The summed E-state index contributed by atoms with van der Waals surface area (Å²) in [5, 5.41) is 0. The van der Waals surface area contributed by atoms with Crippen molar-refractivity contribution in [1.29, 1.82) is 0 Å². The Hall–Kier alpha value is -5.52. The highest BCUT2D eigenvalue weighted by Crippen LogP contribution is 2.40. The summed E-state index contributed by atoms with van der Waals surface area (Å²) in [4.78, 5) is 12.4. The molecule has 0 radical (unpaired) electrons. The van der Waals surface area contributed by atoms with Gasteiger partial charge in [0, 0.05) is 5.41 Å². The van der Waals surface area contributed by atoms with E-state index in [0.29, 0.717) is 27.8 Å². The maximum Gasteiger partial charge on any atom is 0.416 e. The van der Waals surface area contributed by atoms with Crippen LogP contribution in [0.15, 0.2) is 133 Å². The number of rotatable bonds is 11. The van der Waals surface area contributed by atoms with Crippen LogP contribution in [0, 0.1) is 0 Å². The summed E-state index contributed by atoms with van der Waals surface area (Å²) in [6.45, 7) is 1.79. The molecule has 248 valence electrons. The third-order valence-corrected chi connectivity index (χ3v) is 7.18. The first kappa shape index (κ1) is 35.3. The van der Waals surface area contributed by atoms with Gasteiger partial charge >= 0.3 is 30.4 Å². The van der Waals surface area contributed by atoms with Gasteiger partial charge in [0.25, 0.3) is 0 Å². The average molecular weight is 675 g/mol. The molecule has 0 atom stereocenters. The molecule has 0 unspecified atom stereocenters. The van der Waals surface area contributed by atoms with E-state index >= 15 is 0 Å². The smallest absolute Gasteiger partial charge is 0.416 e. The first-order chi connectivity index (χ1) is 22.7. The highest BCUT2D eigenvalue weighted by Gasteiger charge is 2.32. The van der Waals surface area contributed by atoms with Crippen molar-refractivity contribution in [3.05, 3.63) is 167 Å². The zero-order valence-corrected chi connectivity index (χ0v) is 24.7. The number of alkyl halides is 3. The first-order valence-corrected chi connectivity index (χ1v) is 13.8. The lowest BCUT2D eigenvalue weighted by Gasteiger charge is -2.32. The molecule has 0 heterocycles. The minimum Gasteiger partial charge on any atom is -0.428 e. The molecule has 0 amide bonds. The third-order valence-electron chi connectivity index (χ3n) is 7.18. The van der Waals surface area contributed by atoms with E-state index in [4.69, 9.17) is 0 Å². The number of ketones is 1. The van der Waals surface area contributed by atoms with Crippen molar-refractivity contribution < 1.29 is 53.8 Å². The topological polar surface area (TPSA) is 35.5 Å². The predicted octanol–water partition coefficient (Wildman–Crippen LogP) is 11.2. The Bertz CT molecular complexity index is 1780. The van der Waals surface area contributed by atoms with E-state index < -0.39 is 47.1 Å². The van der Waals surface area contributed by atoms with Crippen molar-refractivity contribution in [2.75, 3.05) is 0 Å². The second-order valence-corrected chi connectivity index (χ2v) is 10.3. The van der Waals surface area contributed by atoms with Gasteiger partial charge in [0.05, 0.1) is 5.56 Å². The minimum atomic E-state index is -4.47. The highest BCUT2D eigenvalue weighted by molar-refractivity contribution is 6.04. The molecule has 0 aromatic heterocycles. The quantitative estimate of drug-likeness (QED) is 0.0688. The molecule has 3 nitrogen and oxygen atoms in total. The molecule has 4 aromatic carbocycles. The van der Waals surface area contributed by atoms with E-state index in [1.54, 1.807) is 31.2 Å². The van der Waals surface area contributed by atoms with E-state index in [1.807, 2.05) is 0 Å². The zero-order valence-electron chi connectivity index (χ0n) is 24.7. The second kappa shape index (κ2) is 14.9. The van der Waals surface area contributed by atoms with Crippen molar-refractivity contribution in [2.45, 2.75) is 18.5 Å². The van der Waals surface area contributed by atoms with Gasteiger partial charge in [-0.25, -0.2) is 0 Å². The molecule has 0 saturated heterocycles. The molecule has 0 N–H and O–H groups in total. The van der Waals surface area contributed by atoms with Gasteiger partial charge < -0.3 is 9.47 Å². The van der Waals surface area contributed by atoms with Crippen LogP contribution in [-0.4, -0.2) is 5.78 Å². The third kappa shape index (κ3) is 8.84. The van der Waals surface area contributed by atoms with E-state index in [2.05, 4.69) is 9.47 Å². The zero-order chi connectivity index (χ0) is 35.1. The van der Waals surface area contributed by atoms with Crippen LogP contribution in [0.4, 0.5) is 39.5 Å². The normalized spacial score (nSPS) is 11.9. The van der Waals surface area contributed by atoms with E-state index in [0.717, 1.165) is 12.1 Å². The SMILES string of the molecule is CC(c1ccc(/C=C/C(=O)/C=C/c2ccc(C(F)(F)F)cc2)cc1)(c1ccc(OC(F)=C(F)F)cc1)c1ccc(OC(F)=C(F)F)cc1. The molecular formula is C36H23F9O3. The van der Waals surface area contributed by atoms with Crippen molar-refractivity contribution in [1.82, 2.24) is 0 Å². The van der Waals surface area contributed by atoms with Gasteiger partial charge in [-0.15, -0.1) is 0 Å². The molecule has 0 fully saturated rings. The number of allylic oxidation sites excluding steroid dienone is 2. The fourth-order valence-corrected chi connectivity index (χ4v) is 4.62. The van der Waals surface area contributed by atoms with Crippen LogP contribution in [-0.2, 0) is 16.4 Å². The number of ether oxygens (including phenoxy) is 2. The molecule has 0 spiro atoms. The fraction of sp³-hybridized carbons (Fsp3) is 0.0833. The molecule has 0 saturated carbocycles. The Morgan fingerprint density at radius 1 is 0.521 bits per heavy atom. The summed E-state index contributed by atoms with van der Waals surface area (Å²) >= 11 is 0. The monoisotopic (exact) mass is 674 g/mol. The Kier molecular flexibility index (Phi) is 11.0. The summed E-state index contributed by atoms with van der Waals surface area (Å²) in [7, 11) is 0. The highest BCUT2D eigenvalue weighted by atomic mass is 19.4. The number of carbonyl (C=O) groups excluding carboxylic acids is 1. The molecule has 0 bridgehead atoms. The lowest BCUT2D eigenvalue weighted by atomic mass is 9.71. The molecule has 12 heteroatoms. The first-order valence-electron chi connectivity index (χ1n) is 13.8. The number of hydrogen-bond donors (Lipinski definition) is 0. The molecule has 0 aliphatic heterocycles. The molecule has 48 heavy (non-hydrogen) atoms. The van der Waals surface area contributed by atoms with Crippen LogP contribution in [0.3, 0.4) is 0 Å². The van der Waals surface area contributed by atoms with E-state index in [1.165, 1.54) is 85.0 Å².